The number of Topliss-reactive ketones (excluding diaryl/α,β-unsaturated/α-hetero) is 1. The van der Waals surface area contributed by atoms with Crippen LogP contribution in [0.2, 0.25) is 0 Å². The zero-order valence-electron chi connectivity index (χ0n) is 16.8. The van der Waals surface area contributed by atoms with Crippen molar-refractivity contribution in [1.82, 2.24) is 0 Å². The quantitative estimate of drug-likeness (QED) is 0.190. The smallest absolute Gasteiger partial charge is 0.613 e. The fraction of sp³-hybridized carbons (Fsp3) is 0.524. The van der Waals surface area contributed by atoms with Gasteiger partial charge in [-0.1, -0.05) is 64.5 Å². The maximum atomic E-state index is 12.8. The minimum absolute atomic E-state index is 0. The van der Waals surface area contributed by atoms with Gasteiger partial charge in [-0.05, 0) is 25.2 Å². The number of carbonyl (C=O) groups is 2. The summed E-state index contributed by atoms with van der Waals surface area (Å²) in [4.78, 5) is 26.9. The molecule has 1 aromatic rings. The summed E-state index contributed by atoms with van der Waals surface area (Å²) < 4.78 is 4.92. The zero-order valence-corrected chi connectivity index (χ0v) is 19.9. The first-order valence-electron chi connectivity index (χ1n) is 9.61. The Kier molecular flexibility index (Phi) is 11.5. The molecule has 1 aliphatic heterocycles. The molecule has 142 valence electrons. The Morgan fingerprint density at radius 3 is 2.30 bits per heavy atom. The van der Waals surface area contributed by atoms with Crippen LogP contribution >= 0.6 is 0 Å². The van der Waals surface area contributed by atoms with Crippen LogP contribution in [0.5, 0.6) is 0 Å². The number of benzene rings is 1. The number of unbranched alkanes of at least 4 members (excludes halogenated alkanes) is 6. The van der Waals surface area contributed by atoms with E-state index in [0.717, 1.165) is 19.3 Å². The van der Waals surface area contributed by atoms with Crippen LogP contribution in [0.4, 0.5) is 5.69 Å². The van der Waals surface area contributed by atoms with E-state index in [-0.39, 0.29) is 63.6 Å². The van der Waals surface area contributed by atoms with Gasteiger partial charge in [0.25, 0.3) is 5.91 Å². The van der Waals surface area contributed by atoms with E-state index in [9.17, 15) is 14.7 Å². The van der Waals surface area contributed by atoms with Crippen LogP contribution in [-0.4, -0.2) is 24.8 Å². The third kappa shape index (κ3) is 6.43. The minimum atomic E-state index is -0.832. The molecule has 5 nitrogen and oxygen atoms in total. The number of anilines is 1. The van der Waals surface area contributed by atoms with Crippen molar-refractivity contribution in [3.63, 3.8) is 0 Å². The van der Waals surface area contributed by atoms with Gasteiger partial charge in [-0.3, -0.25) is 9.59 Å². The van der Waals surface area contributed by atoms with Crippen LogP contribution in [0.1, 0.15) is 69.2 Å². The van der Waals surface area contributed by atoms with Crippen molar-refractivity contribution in [2.45, 2.75) is 58.8 Å². The van der Waals surface area contributed by atoms with Crippen LogP contribution in [0.15, 0.2) is 35.8 Å². The van der Waals surface area contributed by atoms with Crippen molar-refractivity contribution in [3.05, 3.63) is 41.3 Å². The molecule has 0 radical (unpaired) electrons. The second-order valence-corrected chi connectivity index (χ2v) is 6.52. The number of ketones is 1. The Morgan fingerprint density at radius 1 is 1.00 bits per heavy atom. The first-order chi connectivity index (χ1) is 12.6. The van der Waals surface area contributed by atoms with Crippen LogP contribution in [-0.2, 0) is 9.53 Å². The summed E-state index contributed by atoms with van der Waals surface area (Å²) in [6, 6.07) is 6.95. The Bertz CT molecular complexity index is 672. The summed E-state index contributed by atoms with van der Waals surface area (Å²) in [6.07, 6.45) is 7.94. The molecular formula is C21H28KNO4. The van der Waals surface area contributed by atoms with Gasteiger partial charge in [0, 0.05) is 12.1 Å². The molecule has 0 aliphatic carbocycles. The fourth-order valence-electron chi connectivity index (χ4n) is 3.21. The van der Waals surface area contributed by atoms with E-state index < -0.39 is 17.6 Å². The average Bonchev–Trinajstić information content (AvgIpc) is 2.63. The van der Waals surface area contributed by atoms with Gasteiger partial charge in [-0.25, -0.2) is 0 Å². The summed E-state index contributed by atoms with van der Waals surface area (Å²) in [5.74, 6) is -1.92. The molecule has 6 heteroatoms. The normalized spacial score (nSPS) is 15.3. The van der Waals surface area contributed by atoms with Crippen LogP contribution < -0.4 is 61.4 Å². The van der Waals surface area contributed by atoms with Crippen molar-refractivity contribution in [3.8, 4) is 0 Å². The summed E-state index contributed by atoms with van der Waals surface area (Å²) in [5, 5.41) is 12.1. The molecule has 2 rings (SSSR count). The zero-order chi connectivity index (χ0) is 18.9. The van der Waals surface area contributed by atoms with Gasteiger partial charge in [0.1, 0.15) is 5.57 Å². The summed E-state index contributed by atoms with van der Waals surface area (Å²) >= 11 is 0. The van der Waals surface area contributed by atoms with E-state index in [1.807, 2.05) is 0 Å². The summed E-state index contributed by atoms with van der Waals surface area (Å²) in [6.45, 7) is 4.47. The third-order valence-corrected chi connectivity index (χ3v) is 4.59. The molecule has 0 saturated heterocycles. The SMILES string of the molecule is CCCCCCCCCN1C(=O)/C(=C(\[O-])OCC)C(=O)c2ccccc21.[K+]. The minimum Gasteiger partial charge on any atom is -0.613 e. The number of para-hydroxylation sites is 1. The van der Waals surface area contributed by atoms with E-state index in [1.54, 1.807) is 36.1 Å². The maximum absolute atomic E-state index is 12.8. The Labute approximate surface area is 204 Å². The summed E-state index contributed by atoms with van der Waals surface area (Å²) in [7, 11) is 0. The maximum Gasteiger partial charge on any atom is 1.00 e. The van der Waals surface area contributed by atoms with Crippen LogP contribution in [0.25, 0.3) is 0 Å². The molecule has 0 fully saturated rings. The molecule has 0 unspecified atom stereocenters. The van der Waals surface area contributed by atoms with Crippen LogP contribution in [0, 0.1) is 0 Å². The molecule has 0 atom stereocenters. The van der Waals surface area contributed by atoms with E-state index in [4.69, 9.17) is 4.74 Å². The Hall–Kier alpha value is -0.664. The molecule has 0 spiro atoms. The number of nitrogens with zero attached hydrogens (tertiary/aromatic N) is 1. The monoisotopic (exact) mass is 397 g/mol. The molecular weight excluding hydrogens is 369 g/mol. The number of hydrogen-bond acceptors (Lipinski definition) is 4. The number of ether oxygens (including phenoxy) is 1. The van der Waals surface area contributed by atoms with Gasteiger partial charge in [0.05, 0.1) is 11.6 Å². The number of rotatable bonds is 10. The van der Waals surface area contributed by atoms with E-state index >= 15 is 0 Å². The van der Waals surface area contributed by atoms with Gasteiger partial charge in [-0.2, -0.15) is 0 Å². The van der Waals surface area contributed by atoms with E-state index in [0.29, 0.717) is 17.8 Å². The molecule has 27 heavy (non-hydrogen) atoms. The largest absolute Gasteiger partial charge is 1.00 e. The topological polar surface area (TPSA) is 69.7 Å². The van der Waals surface area contributed by atoms with Crippen molar-refractivity contribution in [1.29, 1.82) is 0 Å². The summed E-state index contributed by atoms with van der Waals surface area (Å²) in [5.41, 5.74) is 0.591. The number of amides is 1. The second-order valence-electron chi connectivity index (χ2n) is 6.52. The van der Waals surface area contributed by atoms with E-state index in [2.05, 4.69) is 6.92 Å². The van der Waals surface area contributed by atoms with Gasteiger partial charge in [0.15, 0.2) is 0 Å². The predicted octanol–water partition coefficient (Wildman–Crippen LogP) is 0.579. The molecule has 1 aliphatic rings. The van der Waals surface area contributed by atoms with Crippen molar-refractivity contribution < 1.29 is 70.8 Å². The Morgan fingerprint density at radius 2 is 1.63 bits per heavy atom. The first-order valence-corrected chi connectivity index (χ1v) is 9.61. The Balaban J connectivity index is 0.00000364. The molecule has 1 amide bonds. The van der Waals surface area contributed by atoms with Gasteiger partial charge in [-0.15, -0.1) is 0 Å². The fourth-order valence-corrected chi connectivity index (χ4v) is 3.21. The number of carbonyl (C=O) groups excluding carboxylic acids is 2. The second kappa shape index (κ2) is 12.7. The average molecular weight is 398 g/mol. The van der Waals surface area contributed by atoms with Gasteiger partial charge >= 0.3 is 51.4 Å². The van der Waals surface area contributed by atoms with Gasteiger partial charge in [0.2, 0.25) is 5.78 Å². The standard InChI is InChI=1S/C21H29NO4.K/c1-3-5-6-7-8-9-12-15-22-17-14-11-10-13-16(17)19(23)18(20(22)24)21(25)26-4-2;/h10-11,13-14,25H,3-9,12,15H2,1-2H3;/q;+1/p-1/b21-18+;. The number of hydrogen-bond donors (Lipinski definition) is 0. The van der Waals surface area contributed by atoms with Crippen molar-refractivity contribution >= 4 is 17.4 Å². The van der Waals surface area contributed by atoms with Crippen molar-refractivity contribution in [2.24, 2.45) is 0 Å². The first kappa shape index (κ1) is 24.4. The molecule has 0 aromatic heterocycles. The third-order valence-electron chi connectivity index (χ3n) is 4.59. The molecule has 0 bridgehead atoms. The van der Waals surface area contributed by atoms with E-state index in [1.165, 1.54) is 25.7 Å². The van der Waals surface area contributed by atoms with Crippen LogP contribution in [0.3, 0.4) is 0 Å². The molecule has 0 N–H and O–H groups in total. The molecule has 1 heterocycles. The van der Waals surface area contributed by atoms with Gasteiger partial charge < -0.3 is 14.7 Å². The predicted molar refractivity (Wildman–Crippen MR) is 99.8 cm³/mol. The van der Waals surface area contributed by atoms with Crippen molar-refractivity contribution in [2.75, 3.05) is 18.1 Å². The molecule has 1 aromatic carbocycles. The number of fused-ring (bicyclic) bond motifs is 1. The molecule has 0 saturated carbocycles.